The van der Waals surface area contributed by atoms with E-state index in [4.69, 9.17) is 0 Å². The molecule has 0 aliphatic rings. The Morgan fingerprint density at radius 1 is 0.864 bits per heavy atom. The Labute approximate surface area is 138 Å². The van der Waals surface area contributed by atoms with E-state index in [0.717, 1.165) is 26.9 Å². The van der Waals surface area contributed by atoms with Crippen LogP contribution < -0.4 is 5.32 Å². The summed E-state index contributed by atoms with van der Waals surface area (Å²) in [4.78, 5) is 0. The van der Waals surface area contributed by atoms with Crippen molar-refractivity contribution in [2.24, 2.45) is 0 Å². The Balaban J connectivity index is 1.95. The van der Waals surface area contributed by atoms with Crippen LogP contribution >= 0.6 is 15.9 Å². The Hall–Kier alpha value is -1.94. The van der Waals surface area contributed by atoms with E-state index in [9.17, 15) is 0 Å². The molecule has 3 aromatic rings. The van der Waals surface area contributed by atoms with Gasteiger partial charge in [-0.3, -0.25) is 0 Å². The minimum Gasteiger partial charge on any atom is -0.338 e. The lowest BCUT2D eigenvalue weighted by atomic mass is 9.87. The highest BCUT2D eigenvalue weighted by Gasteiger charge is 2.13. The van der Waals surface area contributed by atoms with Gasteiger partial charge in [0.05, 0.1) is 0 Å². The standard InChI is InChI=1S/C18H18BrN3/c1-18(2,3)12-8-10-13(11-9-12)20-17-15-7-5-4-6-14(15)16(19)21-22-17/h4-11H,1-3H3,(H,20,22). The summed E-state index contributed by atoms with van der Waals surface area (Å²) in [6.07, 6.45) is 0. The molecule has 0 atom stereocenters. The quantitative estimate of drug-likeness (QED) is 0.665. The average Bonchev–Trinajstić information content (AvgIpc) is 2.50. The minimum atomic E-state index is 0.155. The molecule has 3 nitrogen and oxygen atoms in total. The van der Waals surface area contributed by atoms with Gasteiger partial charge in [0.15, 0.2) is 5.82 Å². The second-order valence-corrected chi connectivity index (χ2v) is 7.09. The lowest BCUT2D eigenvalue weighted by molar-refractivity contribution is 0.590. The fourth-order valence-corrected chi connectivity index (χ4v) is 2.78. The number of rotatable bonds is 2. The maximum Gasteiger partial charge on any atom is 0.161 e. The third kappa shape index (κ3) is 2.97. The van der Waals surface area contributed by atoms with Crippen molar-refractivity contribution in [3.8, 4) is 0 Å². The maximum absolute atomic E-state index is 4.26. The van der Waals surface area contributed by atoms with Gasteiger partial charge in [-0.1, -0.05) is 57.2 Å². The van der Waals surface area contributed by atoms with Gasteiger partial charge in [-0.15, -0.1) is 10.2 Å². The average molecular weight is 356 g/mol. The molecule has 112 valence electrons. The smallest absolute Gasteiger partial charge is 0.161 e. The summed E-state index contributed by atoms with van der Waals surface area (Å²) < 4.78 is 0.761. The molecular weight excluding hydrogens is 338 g/mol. The molecule has 1 aromatic heterocycles. The zero-order valence-electron chi connectivity index (χ0n) is 12.9. The van der Waals surface area contributed by atoms with E-state index >= 15 is 0 Å². The highest BCUT2D eigenvalue weighted by Crippen LogP contribution is 2.29. The van der Waals surface area contributed by atoms with Crippen molar-refractivity contribution < 1.29 is 0 Å². The monoisotopic (exact) mass is 355 g/mol. The summed E-state index contributed by atoms with van der Waals surface area (Å²) >= 11 is 3.45. The number of aromatic nitrogens is 2. The van der Waals surface area contributed by atoms with E-state index in [1.165, 1.54) is 5.56 Å². The normalized spacial score (nSPS) is 11.6. The Bertz CT molecular complexity index is 805. The second kappa shape index (κ2) is 5.69. The van der Waals surface area contributed by atoms with Crippen molar-refractivity contribution >= 4 is 38.2 Å². The summed E-state index contributed by atoms with van der Waals surface area (Å²) in [6.45, 7) is 6.63. The molecule has 0 amide bonds. The zero-order valence-corrected chi connectivity index (χ0v) is 14.5. The van der Waals surface area contributed by atoms with E-state index < -0.39 is 0 Å². The van der Waals surface area contributed by atoms with Gasteiger partial charge in [0.1, 0.15) is 4.60 Å². The largest absolute Gasteiger partial charge is 0.338 e. The van der Waals surface area contributed by atoms with Gasteiger partial charge in [0, 0.05) is 16.5 Å². The number of fused-ring (bicyclic) bond motifs is 1. The van der Waals surface area contributed by atoms with Gasteiger partial charge in [-0.25, -0.2) is 0 Å². The second-order valence-electron chi connectivity index (χ2n) is 6.34. The van der Waals surface area contributed by atoms with Gasteiger partial charge in [0.25, 0.3) is 0 Å². The third-order valence-electron chi connectivity index (χ3n) is 3.66. The van der Waals surface area contributed by atoms with Crippen LogP contribution in [0.3, 0.4) is 0 Å². The van der Waals surface area contributed by atoms with Crippen LogP contribution in [0, 0.1) is 0 Å². The van der Waals surface area contributed by atoms with Crippen molar-refractivity contribution in [1.29, 1.82) is 0 Å². The van der Waals surface area contributed by atoms with E-state index in [1.54, 1.807) is 0 Å². The molecule has 0 saturated heterocycles. The van der Waals surface area contributed by atoms with Crippen LogP contribution in [0.15, 0.2) is 53.1 Å². The molecule has 0 unspecified atom stereocenters. The lowest BCUT2D eigenvalue weighted by Gasteiger charge is -2.19. The fourth-order valence-electron chi connectivity index (χ4n) is 2.35. The summed E-state index contributed by atoms with van der Waals surface area (Å²) in [5.41, 5.74) is 2.47. The molecule has 22 heavy (non-hydrogen) atoms. The zero-order chi connectivity index (χ0) is 15.7. The van der Waals surface area contributed by atoms with E-state index in [0.29, 0.717) is 0 Å². The number of benzene rings is 2. The topological polar surface area (TPSA) is 37.8 Å². The van der Waals surface area contributed by atoms with Crippen molar-refractivity contribution in [2.45, 2.75) is 26.2 Å². The number of hydrogen-bond acceptors (Lipinski definition) is 3. The highest BCUT2D eigenvalue weighted by atomic mass is 79.9. The van der Waals surface area contributed by atoms with Gasteiger partial charge in [0.2, 0.25) is 0 Å². The van der Waals surface area contributed by atoms with E-state index in [-0.39, 0.29) is 5.41 Å². The molecule has 2 aromatic carbocycles. The maximum atomic E-state index is 4.26. The highest BCUT2D eigenvalue weighted by molar-refractivity contribution is 9.10. The van der Waals surface area contributed by atoms with Crippen LogP contribution in [0.25, 0.3) is 10.8 Å². The Morgan fingerprint density at radius 3 is 2.14 bits per heavy atom. The lowest BCUT2D eigenvalue weighted by Crippen LogP contribution is -2.10. The van der Waals surface area contributed by atoms with Crippen LogP contribution in [0.5, 0.6) is 0 Å². The van der Waals surface area contributed by atoms with Gasteiger partial charge in [-0.05, 0) is 39.0 Å². The molecular formula is C18H18BrN3. The van der Waals surface area contributed by atoms with Crippen molar-refractivity contribution in [3.05, 3.63) is 58.7 Å². The molecule has 0 radical (unpaired) electrons. The summed E-state index contributed by atoms with van der Waals surface area (Å²) in [5.74, 6) is 0.766. The first-order valence-electron chi connectivity index (χ1n) is 7.23. The number of halogens is 1. The first-order chi connectivity index (χ1) is 10.4. The Morgan fingerprint density at radius 2 is 1.50 bits per heavy atom. The predicted octanol–water partition coefficient (Wildman–Crippen LogP) is 5.43. The van der Waals surface area contributed by atoms with E-state index in [1.807, 2.05) is 24.3 Å². The van der Waals surface area contributed by atoms with Crippen LogP contribution in [-0.2, 0) is 5.41 Å². The van der Waals surface area contributed by atoms with Crippen LogP contribution in [0.4, 0.5) is 11.5 Å². The number of nitrogens with one attached hydrogen (secondary N) is 1. The van der Waals surface area contributed by atoms with Crippen LogP contribution in [0.1, 0.15) is 26.3 Å². The van der Waals surface area contributed by atoms with Crippen molar-refractivity contribution in [1.82, 2.24) is 10.2 Å². The molecule has 0 bridgehead atoms. The third-order valence-corrected chi connectivity index (χ3v) is 4.24. The molecule has 0 saturated carbocycles. The van der Waals surface area contributed by atoms with Crippen molar-refractivity contribution in [2.75, 3.05) is 5.32 Å². The van der Waals surface area contributed by atoms with Crippen LogP contribution in [-0.4, -0.2) is 10.2 Å². The number of anilines is 2. The molecule has 0 aliphatic heterocycles. The fraction of sp³-hybridized carbons (Fsp3) is 0.222. The summed E-state index contributed by atoms with van der Waals surface area (Å²) in [6, 6.07) is 16.5. The van der Waals surface area contributed by atoms with E-state index in [2.05, 4.69) is 76.5 Å². The number of nitrogens with zero attached hydrogens (tertiary/aromatic N) is 2. The molecule has 4 heteroatoms. The minimum absolute atomic E-state index is 0.155. The molecule has 1 heterocycles. The molecule has 0 aliphatic carbocycles. The van der Waals surface area contributed by atoms with Gasteiger partial charge >= 0.3 is 0 Å². The van der Waals surface area contributed by atoms with Gasteiger partial charge < -0.3 is 5.32 Å². The van der Waals surface area contributed by atoms with Crippen LogP contribution in [0.2, 0.25) is 0 Å². The molecule has 3 rings (SSSR count). The first-order valence-corrected chi connectivity index (χ1v) is 8.03. The molecule has 1 N–H and O–H groups in total. The SMILES string of the molecule is CC(C)(C)c1ccc(Nc2nnc(Br)c3ccccc23)cc1. The molecule has 0 fully saturated rings. The van der Waals surface area contributed by atoms with Crippen molar-refractivity contribution in [3.63, 3.8) is 0 Å². The first kappa shape index (κ1) is 15.0. The Kier molecular flexibility index (Phi) is 3.87. The predicted molar refractivity (Wildman–Crippen MR) is 95.7 cm³/mol. The van der Waals surface area contributed by atoms with Gasteiger partial charge in [-0.2, -0.15) is 0 Å². The number of hydrogen-bond donors (Lipinski definition) is 1. The molecule has 0 spiro atoms. The summed E-state index contributed by atoms with van der Waals surface area (Å²) in [5, 5.41) is 13.9. The summed E-state index contributed by atoms with van der Waals surface area (Å²) in [7, 11) is 0.